The van der Waals surface area contributed by atoms with Crippen molar-refractivity contribution in [1.82, 2.24) is 10.2 Å². The maximum atomic E-state index is 13.6. The molecule has 7 nitrogen and oxygen atoms in total. The van der Waals surface area contributed by atoms with Crippen LogP contribution >= 0.6 is 0 Å². The highest BCUT2D eigenvalue weighted by Crippen LogP contribution is 2.60. The smallest absolute Gasteiger partial charge is 0.329 e. The molecule has 5 rings (SSSR count). The number of ether oxygens (including phenoxy) is 1. The summed E-state index contributed by atoms with van der Waals surface area (Å²) in [4.78, 5) is 39.4. The Bertz CT molecular complexity index is 613. The van der Waals surface area contributed by atoms with Crippen molar-refractivity contribution in [3.63, 3.8) is 0 Å². The van der Waals surface area contributed by atoms with Crippen molar-refractivity contribution in [2.75, 3.05) is 13.6 Å². The van der Waals surface area contributed by atoms with Crippen LogP contribution in [0.5, 0.6) is 0 Å². The second-order valence-electron chi connectivity index (χ2n) is 9.25. The summed E-state index contributed by atoms with van der Waals surface area (Å²) in [6.07, 6.45) is 5.01. The molecule has 5 fully saturated rings. The van der Waals surface area contributed by atoms with Crippen molar-refractivity contribution >= 4 is 17.8 Å². The summed E-state index contributed by atoms with van der Waals surface area (Å²) in [5, 5.41) is 12.6. The third-order valence-corrected chi connectivity index (χ3v) is 7.21. The quantitative estimate of drug-likeness (QED) is 0.707. The Morgan fingerprint density at radius 2 is 1.63 bits per heavy atom. The van der Waals surface area contributed by atoms with Crippen LogP contribution < -0.4 is 5.32 Å². The zero-order valence-electron chi connectivity index (χ0n) is 16.1. The molecule has 1 saturated heterocycles. The first-order chi connectivity index (χ1) is 12.8. The molecule has 2 N–H and O–H groups in total. The van der Waals surface area contributed by atoms with E-state index in [1.54, 1.807) is 4.90 Å². The summed E-state index contributed by atoms with van der Waals surface area (Å²) in [5.74, 6) is 0.929. The SMILES string of the molecule is CNC(=O)[C@@H](C)OC(=O)[C@@H]1C[C@H](O)CN1C(=O)C12CC3CC(CC(C3)C1)C2. The van der Waals surface area contributed by atoms with Crippen LogP contribution in [0.2, 0.25) is 0 Å². The Kier molecular flexibility index (Phi) is 4.69. The van der Waals surface area contributed by atoms with Gasteiger partial charge in [-0.05, 0) is 63.2 Å². The minimum atomic E-state index is -0.920. The summed E-state index contributed by atoms with van der Waals surface area (Å²) in [7, 11) is 1.48. The fourth-order valence-corrected chi connectivity index (χ4v) is 6.45. The minimum absolute atomic E-state index is 0.0210. The number of nitrogens with one attached hydrogen (secondary N) is 1. The van der Waals surface area contributed by atoms with Gasteiger partial charge in [-0.3, -0.25) is 9.59 Å². The number of amides is 2. The molecular weight excluding hydrogens is 348 g/mol. The Hall–Kier alpha value is -1.63. The van der Waals surface area contributed by atoms with Crippen LogP contribution in [-0.4, -0.2) is 59.6 Å². The number of esters is 1. The number of likely N-dealkylation sites (tertiary alicyclic amines) is 1. The number of nitrogens with zero attached hydrogens (tertiary/aromatic N) is 1. The van der Waals surface area contributed by atoms with E-state index in [1.165, 1.54) is 33.2 Å². The Morgan fingerprint density at radius 3 is 2.15 bits per heavy atom. The topological polar surface area (TPSA) is 95.9 Å². The number of aliphatic hydroxyl groups excluding tert-OH is 1. The molecule has 4 aliphatic carbocycles. The second kappa shape index (κ2) is 6.76. The Morgan fingerprint density at radius 1 is 1.07 bits per heavy atom. The maximum Gasteiger partial charge on any atom is 0.329 e. The first kappa shape index (κ1) is 18.7. The molecule has 27 heavy (non-hydrogen) atoms. The first-order valence-corrected chi connectivity index (χ1v) is 10.2. The van der Waals surface area contributed by atoms with E-state index in [9.17, 15) is 19.5 Å². The van der Waals surface area contributed by atoms with E-state index in [4.69, 9.17) is 4.74 Å². The first-order valence-electron chi connectivity index (χ1n) is 10.2. The van der Waals surface area contributed by atoms with Gasteiger partial charge in [-0.15, -0.1) is 0 Å². The molecule has 0 unspecified atom stereocenters. The van der Waals surface area contributed by atoms with Gasteiger partial charge < -0.3 is 20.1 Å². The van der Waals surface area contributed by atoms with Gasteiger partial charge in [0.05, 0.1) is 11.5 Å². The monoisotopic (exact) mass is 378 g/mol. The predicted molar refractivity (Wildman–Crippen MR) is 96.4 cm³/mol. The van der Waals surface area contributed by atoms with Gasteiger partial charge in [-0.2, -0.15) is 0 Å². The lowest BCUT2D eigenvalue weighted by Gasteiger charge is -2.56. The molecule has 150 valence electrons. The van der Waals surface area contributed by atoms with Crippen molar-refractivity contribution in [1.29, 1.82) is 0 Å². The molecule has 1 heterocycles. The van der Waals surface area contributed by atoms with Gasteiger partial charge in [0.15, 0.2) is 6.10 Å². The fraction of sp³-hybridized carbons (Fsp3) is 0.850. The summed E-state index contributed by atoms with van der Waals surface area (Å²) in [5.41, 5.74) is -0.357. The third kappa shape index (κ3) is 3.24. The average Bonchev–Trinajstić information content (AvgIpc) is 3.00. The molecule has 4 saturated carbocycles. The number of carbonyl (C=O) groups excluding carboxylic acids is 3. The van der Waals surface area contributed by atoms with Crippen LogP contribution in [0.1, 0.15) is 51.9 Å². The molecule has 1 aliphatic heterocycles. The summed E-state index contributed by atoms with van der Waals surface area (Å²) in [6, 6.07) is -0.799. The molecule has 7 heteroatoms. The van der Waals surface area contributed by atoms with Gasteiger partial charge in [0.1, 0.15) is 6.04 Å². The number of aliphatic hydroxyl groups is 1. The van der Waals surface area contributed by atoms with Crippen LogP contribution in [0.3, 0.4) is 0 Å². The van der Waals surface area contributed by atoms with E-state index in [0.29, 0.717) is 17.8 Å². The number of β-amino-alcohol motifs (C(OH)–C–C–N with tert-alkyl or cyclic N) is 1. The molecular formula is C20H30N2O5. The standard InChI is InChI=1S/C20H30N2O5/c1-11(17(24)21-2)27-18(25)16-6-15(23)10-22(16)19(26)20-7-12-3-13(8-20)5-14(4-12)9-20/h11-16,23H,3-10H2,1-2H3,(H,21,24)/t11-,12?,13?,14?,15+,16+,20?/m1/s1. The highest BCUT2D eigenvalue weighted by molar-refractivity contribution is 5.90. The van der Waals surface area contributed by atoms with Gasteiger partial charge in [0.2, 0.25) is 5.91 Å². The molecule has 5 aliphatic rings. The number of hydrogen-bond donors (Lipinski definition) is 2. The predicted octanol–water partition coefficient (Wildman–Crippen LogP) is 0.842. The molecule has 2 amide bonds. The third-order valence-electron chi connectivity index (χ3n) is 7.21. The van der Waals surface area contributed by atoms with E-state index >= 15 is 0 Å². The molecule has 0 aromatic heterocycles. The van der Waals surface area contributed by atoms with Crippen LogP contribution in [0.25, 0.3) is 0 Å². The molecule has 3 atom stereocenters. The van der Waals surface area contributed by atoms with Crippen LogP contribution in [-0.2, 0) is 19.1 Å². The lowest BCUT2D eigenvalue weighted by molar-refractivity contribution is -0.168. The molecule has 0 aromatic carbocycles. The second-order valence-corrected chi connectivity index (χ2v) is 9.25. The van der Waals surface area contributed by atoms with Crippen LogP contribution in [0.15, 0.2) is 0 Å². The van der Waals surface area contributed by atoms with Gasteiger partial charge in [0, 0.05) is 20.0 Å². The normalized spacial score (nSPS) is 40.7. The zero-order chi connectivity index (χ0) is 19.3. The number of rotatable bonds is 4. The highest BCUT2D eigenvalue weighted by Gasteiger charge is 2.57. The number of hydrogen-bond acceptors (Lipinski definition) is 5. The van der Waals surface area contributed by atoms with Crippen molar-refractivity contribution < 1.29 is 24.2 Å². The number of likely N-dealkylation sites (N-methyl/N-ethyl adjacent to an activating group) is 1. The van der Waals surface area contributed by atoms with Crippen molar-refractivity contribution in [3.05, 3.63) is 0 Å². The highest BCUT2D eigenvalue weighted by atomic mass is 16.5. The maximum absolute atomic E-state index is 13.6. The number of carbonyl (C=O) groups is 3. The Balaban J connectivity index is 1.50. The lowest BCUT2D eigenvalue weighted by Crippen LogP contribution is -2.56. The molecule has 0 radical (unpaired) electrons. The summed E-state index contributed by atoms with van der Waals surface area (Å²) >= 11 is 0. The van der Waals surface area contributed by atoms with Crippen LogP contribution in [0, 0.1) is 23.2 Å². The van der Waals surface area contributed by atoms with E-state index in [2.05, 4.69) is 5.32 Å². The van der Waals surface area contributed by atoms with Gasteiger partial charge in [-0.1, -0.05) is 0 Å². The van der Waals surface area contributed by atoms with Crippen molar-refractivity contribution in [2.45, 2.75) is 70.1 Å². The molecule has 0 aromatic rings. The van der Waals surface area contributed by atoms with E-state index < -0.39 is 24.2 Å². The van der Waals surface area contributed by atoms with Gasteiger partial charge in [0.25, 0.3) is 5.91 Å². The largest absolute Gasteiger partial charge is 0.451 e. The Labute approximate surface area is 159 Å². The van der Waals surface area contributed by atoms with Gasteiger partial charge in [-0.25, -0.2) is 4.79 Å². The lowest BCUT2D eigenvalue weighted by atomic mass is 9.49. The fourth-order valence-electron chi connectivity index (χ4n) is 6.45. The van der Waals surface area contributed by atoms with Crippen molar-refractivity contribution in [2.24, 2.45) is 23.2 Å². The van der Waals surface area contributed by atoms with E-state index in [-0.39, 0.29) is 30.2 Å². The van der Waals surface area contributed by atoms with E-state index in [1.807, 2.05) is 0 Å². The minimum Gasteiger partial charge on any atom is -0.451 e. The van der Waals surface area contributed by atoms with Crippen molar-refractivity contribution in [3.8, 4) is 0 Å². The van der Waals surface area contributed by atoms with E-state index in [0.717, 1.165) is 19.3 Å². The van der Waals surface area contributed by atoms with Gasteiger partial charge >= 0.3 is 5.97 Å². The summed E-state index contributed by atoms with van der Waals surface area (Å²) in [6.45, 7) is 1.68. The van der Waals surface area contributed by atoms with Crippen LogP contribution in [0.4, 0.5) is 0 Å². The molecule has 4 bridgehead atoms. The average molecular weight is 378 g/mol. The zero-order valence-corrected chi connectivity index (χ0v) is 16.1. The summed E-state index contributed by atoms with van der Waals surface area (Å²) < 4.78 is 5.28. The molecule has 0 spiro atoms.